The fourth-order valence-corrected chi connectivity index (χ4v) is 5.26. The second kappa shape index (κ2) is 5.50. The van der Waals surface area contributed by atoms with E-state index in [1.165, 1.54) is 12.1 Å². The van der Waals surface area contributed by atoms with Crippen LogP contribution >= 0.6 is 0 Å². The quantitative estimate of drug-likeness (QED) is 0.695. The Balaban J connectivity index is 1.75. The lowest BCUT2D eigenvalue weighted by Crippen LogP contribution is -2.36. The maximum Gasteiger partial charge on any atom is 0.279 e. The van der Waals surface area contributed by atoms with Crippen molar-refractivity contribution in [2.45, 2.75) is 31.1 Å². The van der Waals surface area contributed by atoms with Gasteiger partial charge in [-0.05, 0) is 19.1 Å². The first-order valence-electron chi connectivity index (χ1n) is 8.98. The lowest BCUT2D eigenvalue weighted by molar-refractivity contribution is 0.0763. The highest BCUT2D eigenvalue weighted by Gasteiger charge is 2.54. The van der Waals surface area contributed by atoms with Gasteiger partial charge in [-0.1, -0.05) is 31.5 Å². The Morgan fingerprint density at radius 1 is 0.897 bits per heavy atom. The number of carbonyl (C=O) groups is 2. The van der Waals surface area contributed by atoms with E-state index in [2.05, 4.69) is 0 Å². The Morgan fingerprint density at radius 3 is 2.21 bits per heavy atom. The van der Waals surface area contributed by atoms with E-state index in [-0.39, 0.29) is 40.9 Å². The number of carbonyl (C=O) groups excluding carboxylic acids is 2. The number of nitrogens with zero attached hydrogens (tertiary/aromatic N) is 1. The van der Waals surface area contributed by atoms with Gasteiger partial charge in [0.2, 0.25) is 12.5 Å². The second-order valence-electron chi connectivity index (χ2n) is 7.88. The van der Waals surface area contributed by atoms with Crippen molar-refractivity contribution in [3.63, 3.8) is 0 Å². The molecule has 29 heavy (non-hydrogen) atoms. The predicted molar refractivity (Wildman–Crippen MR) is 100.0 cm³/mol. The smallest absolute Gasteiger partial charge is 0.279 e. The number of aryl methyl sites for hydroxylation is 1. The molecule has 3 heterocycles. The van der Waals surface area contributed by atoms with Gasteiger partial charge < -0.3 is 14.2 Å². The summed E-state index contributed by atoms with van der Waals surface area (Å²) in [5.74, 6) is -1.23. The van der Waals surface area contributed by atoms with Crippen LogP contribution in [-0.2, 0) is 15.4 Å². The molecular weight excluding hydrogens is 398 g/mol. The van der Waals surface area contributed by atoms with Gasteiger partial charge in [-0.2, -0.15) is 4.31 Å². The summed E-state index contributed by atoms with van der Waals surface area (Å²) in [7, 11) is -4.40. The van der Waals surface area contributed by atoms with Crippen molar-refractivity contribution in [3.8, 4) is 17.2 Å². The van der Waals surface area contributed by atoms with Crippen molar-refractivity contribution in [1.29, 1.82) is 0 Å². The van der Waals surface area contributed by atoms with Crippen LogP contribution in [0, 0.1) is 6.92 Å². The van der Waals surface area contributed by atoms with Gasteiger partial charge in [0.15, 0.2) is 11.5 Å². The highest BCUT2D eigenvalue weighted by atomic mass is 32.2. The molecule has 0 radical (unpaired) electrons. The molecule has 0 saturated heterocycles. The Kier molecular flexibility index (Phi) is 3.41. The number of sulfonamides is 1. The van der Waals surface area contributed by atoms with E-state index >= 15 is 0 Å². The SMILES string of the molecule is Cc1ccc(S(=O)(=O)N2C(=O)c3c4c(c5c(c3C2=O)C(C)(C)CO5)OCO4)cc1. The number of benzene rings is 2. The van der Waals surface area contributed by atoms with Gasteiger partial charge in [-0.25, -0.2) is 8.42 Å². The van der Waals surface area contributed by atoms with Gasteiger partial charge in [0.25, 0.3) is 21.8 Å². The van der Waals surface area contributed by atoms with Gasteiger partial charge in [-0.15, -0.1) is 0 Å². The molecule has 3 aliphatic rings. The highest BCUT2D eigenvalue weighted by Crippen LogP contribution is 2.56. The summed E-state index contributed by atoms with van der Waals surface area (Å²) in [5, 5.41) is 0. The Labute approximate surface area is 167 Å². The summed E-state index contributed by atoms with van der Waals surface area (Å²) in [6.45, 7) is 5.64. The molecule has 2 aromatic carbocycles. The second-order valence-corrected chi connectivity index (χ2v) is 9.67. The Morgan fingerprint density at radius 2 is 1.52 bits per heavy atom. The molecular formula is C20H17NO7S. The average molecular weight is 415 g/mol. The number of imide groups is 1. The Bertz CT molecular complexity index is 1210. The number of ether oxygens (including phenoxy) is 3. The molecule has 9 heteroatoms. The molecule has 0 unspecified atom stereocenters. The molecule has 3 aliphatic heterocycles. The summed E-state index contributed by atoms with van der Waals surface area (Å²) in [6.07, 6.45) is 0. The van der Waals surface area contributed by atoms with E-state index in [9.17, 15) is 18.0 Å². The molecule has 0 aliphatic carbocycles. The normalized spacial score (nSPS) is 18.7. The maximum absolute atomic E-state index is 13.3. The molecule has 0 N–H and O–H groups in total. The first kappa shape index (κ1) is 18.0. The van der Waals surface area contributed by atoms with Gasteiger partial charge in [0.1, 0.15) is 5.56 Å². The molecule has 150 valence electrons. The molecule has 0 bridgehead atoms. The van der Waals surface area contributed by atoms with Crippen molar-refractivity contribution in [2.75, 3.05) is 13.4 Å². The van der Waals surface area contributed by atoms with E-state index in [4.69, 9.17) is 14.2 Å². The fraction of sp³-hybridized carbons (Fsp3) is 0.300. The maximum atomic E-state index is 13.3. The Hall–Kier alpha value is -3.07. The fourth-order valence-electron chi connectivity index (χ4n) is 3.95. The molecule has 0 fully saturated rings. The molecule has 2 amide bonds. The summed E-state index contributed by atoms with van der Waals surface area (Å²) in [6, 6.07) is 5.95. The number of hydrogen-bond acceptors (Lipinski definition) is 7. The van der Waals surface area contributed by atoms with Crippen molar-refractivity contribution in [2.24, 2.45) is 0 Å². The summed E-state index contributed by atoms with van der Waals surface area (Å²) < 4.78 is 43.3. The van der Waals surface area contributed by atoms with Crippen LogP contribution in [0.5, 0.6) is 17.2 Å². The van der Waals surface area contributed by atoms with E-state index in [1.54, 1.807) is 12.1 Å². The minimum Gasteiger partial charge on any atom is -0.488 e. The van der Waals surface area contributed by atoms with Gasteiger partial charge in [0, 0.05) is 11.0 Å². The molecule has 0 saturated carbocycles. The van der Waals surface area contributed by atoms with Crippen LogP contribution in [0.1, 0.15) is 45.7 Å². The van der Waals surface area contributed by atoms with E-state index in [1.807, 2.05) is 20.8 Å². The standard InChI is InChI=1S/C20H17NO7S/c1-10-4-6-11(7-5-10)29(24,25)21-18(22)12-13(19(21)23)15-17(28-9-27-15)16-14(12)20(2,3)8-26-16/h4-7H,8-9H2,1-3H3. The largest absolute Gasteiger partial charge is 0.488 e. The molecule has 5 rings (SSSR count). The third-order valence-corrected chi connectivity index (χ3v) is 7.06. The first-order chi connectivity index (χ1) is 13.6. The van der Waals surface area contributed by atoms with E-state index in [0.29, 0.717) is 15.6 Å². The van der Waals surface area contributed by atoms with Gasteiger partial charge in [-0.3, -0.25) is 9.59 Å². The van der Waals surface area contributed by atoms with Crippen molar-refractivity contribution >= 4 is 21.8 Å². The highest BCUT2D eigenvalue weighted by molar-refractivity contribution is 7.90. The molecule has 0 spiro atoms. The summed E-state index contributed by atoms with van der Waals surface area (Å²) in [4.78, 5) is 26.4. The van der Waals surface area contributed by atoms with Crippen LogP contribution in [0.25, 0.3) is 0 Å². The van der Waals surface area contributed by atoms with Crippen LogP contribution in [-0.4, -0.2) is 37.9 Å². The minimum atomic E-state index is -4.40. The monoisotopic (exact) mass is 415 g/mol. The molecule has 0 aromatic heterocycles. The number of hydrogen-bond donors (Lipinski definition) is 0. The van der Waals surface area contributed by atoms with Crippen LogP contribution in [0.15, 0.2) is 29.2 Å². The van der Waals surface area contributed by atoms with Crippen LogP contribution in [0.2, 0.25) is 0 Å². The van der Waals surface area contributed by atoms with Crippen molar-refractivity contribution < 1.29 is 32.2 Å². The number of fused-ring (bicyclic) bond motifs is 6. The topological polar surface area (TPSA) is 99.2 Å². The van der Waals surface area contributed by atoms with Crippen LogP contribution in [0.3, 0.4) is 0 Å². The zero-order valence-corrected chi connectivity index (χ0v) is 16.8. The zero-order chi connectivity index (χ0) is 20.7. The molecule has 2 aromatic rings. The number of rotatable bonds is 2. The van der Waals surface area contributed by atoms with E-state index in [0.717, 1.165) is 5.56 Å². The van der Waals surface area contributed by atoms with Crippen LogP contribution in [0.4, 0.5) is 0 Å². The first-order valence-corrected chi connectivity index (χ1v) is 10.4. The van der Waals surface area contributed by atoms with Crippen LogP contribution < -0.4 is 14.2 Å². The van der Waals surface area contributed by atoms with E-state index < -0.39 is 27.3 Å². The van der Waals surface area contributed by atoms with Gasteiger partial charge >= 0.3 is 0 Å². The van der Waals surface area contributed by atoms with Gasteiger partial charge in [0.05, 0.1) is 17.1 Å². The van der Waals surface area contributed by atoms with Crippen molar-refractivity contribution in [1.82, 2.24) is 4.31 Å². The molecule has 8 nitrogen and oxygen atoms in total. The third-order valence-electron chi connectivity index (χ3n) is 5.38. The molecule has 0 atom stereocenters. The third kappa shape index (κ3) is 2.21. The number of amides is 2. The lowest BCUT2D eigenvalue weighted by Gasteiger charge is -2.18. The lowest BCUT2D eigenvalue weighted by atomic mass is 9.82. The van der Waals surface area contributed by atoms with Crippen molar-refractivity contribution in [3.05, 3.63) is 46.5 Å². The predicted octanol–water partition coefficient (Wildman–Crippen LogP) is 2.38. The summed E-state index contributed by atoms with van der Waals surface area (Å²) >= 11 is 0. The average Bonchev–Trinajstić information content (AvgIpc) is 3.31. The summed E-state index contributed by atoms with van der Waals surface area (Å²) in [5.41, 5.74) is 0.631. The minimum absolute atomic E-state index is 0.00689. The zero-order valence-electron chi connectivity index (χ0n) is 15.9.